The van der Waals surface area contributed by atoms with E-state index in [9.17, 15) is 19.5 Å². The molecule has 1 saturated heterocycles. The minimum atomic E-state index is -1.19. The molecule has 2 atom stereocenters. The number of hydrogen-bond acceptors (Lipinski definition) is 5. The molecule has 6 nitrogen and oxygen atoms in total. The highest BCUT2D eigenvalue weighted by Crippen LogP contribution is 2.28. The fraction of sp³-hybridized carbons (Fsp3) is 0.444. The number of Topliss-reactive ketones (excluding diaryl/α,β-unsaturated/α-hetero) is 1. The van der Waals surface area contributed by atoms with Gasteiger partial charge in [0.1, 0.15) is 12.1 Å². The van der Waals surface area contributed by atoms with E-state index in [0.29, 0.717) is 19.4 Å². The van der Waals surface area contributed by atoms with Crippen LogP contribution in [0.1, 0.15) is 56.8 Å². The first-order valence-corrected chi connectivity index (χ1v) is 11.6. The number of ether oxygens (including phenoxy) is 1. The second-order valence-electron chi connectivity index (χ2n) is 9.24. The lowest BCUT2D eigenvalue weighted by Gasteiger charge is -2.36. The van der Waals surface area contributed by atoms with E-state index in [4.69, 9.17) is 4.74 Å². The second kappa shape index (κ2) is 11.2. The summed E-state index contributed by atoms with van der Waals surface area (Å²) in [4.78, 5) is 40.2. The Kier molecular flexibility index (Phi) is 8.39. The predicted molar refractivity (Wildman–Crippen MR) is 125 cm³/mol. The molecule has 1 fully saturated rings. The Balaban J connectivity index is 1.76. The molecule has 0 spiro atoms. The maximum Gasteiger partial charge on any atom is 0.329 e. The van der Waals surface area contributed by atoms with Gasteiger partial charge >= 0.3 is 5.97 Å². The number of carbonyl (C=O) groups is 3. The molecule has 0 aromatic heterocycles. The van der Waals surface area contributed by atoms with Gasteiger partial charge in [0.05, 0.1) is 12.0 Å². The van der Waals surface area contributed by atoms with Gasteiger partial charge in [-0.3, -0.25) is 9.59 Å². The Labute approximate surface area is 195 Å². The average Bonchev–Trinajstić information content (AvgIpc) is 2.86. The third-order valence-electron chi connectivity index (χ3n) is 6.21. The van der Waals surface area contributed by atoms with Gasteiger partial charge in [-0.05, 0) is 43.2 Å². The number of esters is 1. The minimum absolute atomic E-state index is 0.325. The van der Waals surface area contributed by atoms with Gasteiger partial charge < -0.3 is 14.7 Å². The van der Waals surface area contributed by atoms with E-state index >= 15 is 0 Å². The molecule has 0 radical (unpaired) electrons. The molecule has 0 bridgehead atoms. The topological polar surface area (TPSA) is 83.9 Å². The minimum Gasteiger partial charge on any atom is -0.456 e. The van der Waals surface area contributed by atoms with Crippen molar-refractivity contribution >= 4 is 17.7 Å². The number of aryl methyl sites for hydroxylation is 1. The quantitative estimate of drug-likeness (QED) is 0.462. The number of ketones is 1. The first-order chi connectivity index (χ1) is 15.8. The summed E-state index contributed by atoms with van der Waals surface area (Å²) >= 11 is 0. The van der Waals surface area contributed by atoms with Crippen molar-refractivity contribution in [1.29, 1.82) is 0 Å². The smallest absolute Gasteiger partial charge is 0.329 e. The third kappa shape index (κ3) is 6.29. The fourth-order valence-corrected chi connectivity index (χ4v) is 4.03. The van der Waals surface area contributed by atoms with Gasteiger partial charge in [0.25, 0.3) is 5.91 Å². The molecule has 33 heavy (non-hydrogen) atoms. The van der Waals surface area contributed by atoms with Crippen molar-refractivity contribution in [3.63, 3.8) is 0 Å². The molecule has 3 rings (SSSR count). The average molecular weight is 452 g/mol. The summed E-state index contributed by atoms with van der Waals surface area (Å²) in [6, 6.07) is 18.8. The highest BCUT2D eigenvalue weighted by molar-refractivity contribution is 6.38. The zero-order chi connectivity index (χ0) is 23.8. The van der Waals surface area contributed by atoms with Crippen molar-refractivity contribution in [3.05, 3.63) is 71.8 Å². The lowest BCUT2D eigenvalue weighted by molar-refractivity contribution is -0.165. The monoisotopic (exact) mass is 451 g/mol. The zero-order valence-electron chi connectivity index (χ0n) is 19.4. The van der Waals surface area contributed by atoms with Crippen LogP contribution in [0.2, 0.25) is 0 Å². The normalized spacial score (nSPS) is 17.3. The van der Waals surface area contributed by atoms with Crippen molar-refractivity contribution in [3.8, 4) is 0 Å². The summed E-state index contributed by atoms with van der Waals surface area (Å²) in [5.41, 5.74) is 0.861. The van der Waals surface area contributed by atoms with Crippen molar-refractivity contribution in [1.82, 2.24) is 4.90 Å². The number of amides is 1. The van der Waals surface area contributed by atoms with Crippen LogP contribution in [0.3, 0.4) is 0 Å². The Bertz CT molecular complexity index is 941. The van der Waals surface area contributed by atoms with Crippen LogP contribution in [0.25, 0.3) is 0 Å². The molecule has 0 aliphatic carbocycles. The maximum atomic E-state index is 13.3. The predicted octanol–water partition coefficient (Wildman–Crippen LogP) is 3.87. The van der Waals surface area contributed by atoms with Crippen LogP contribution in [0.15, 0.2) is 60.7 Å². The van der Waals surface area contributed by atoms with Crippen LogP contribution in [0.5, 0.6) is 0 Å². The van der Waals surface area contributed by atoms with Gasteiger partial charge in [0.2, 0.25) is 5.78 Å². The first-order valence-electron chi connectivity index (χ1n) is 11.6. The highest BCUT2D eigenvalue weighted by atomic mass is 16.5. The van der Waals surface area contributed by atoms with Crippen LogP contribution in [0, 0.1) is 5.41 Å². The molecule has 2 aromatic carbocycles. The Morgan fingerprint density at radius 2 is 1.67 bits per heavy atom. The lowest BCUT2D eigenvalue weighted by atomic mass is 9.87. The summed E-state index contributed by atoms with van der Waals surface area (Å²) < 4.78 is 5.98. The van der Waals surface area contributed by atoms with Crippen LogP contribution in [-0.4, -0.2) is 46.9 Å². The number of aliphatic hydroxyl groups is 1. The third-order valence-corrected chi connectivity index (χ3v) is 6.21. The molecule has 176 valence electrons. The number of piperidine rings is 1. The van der Waals surface area contributed by atoms with Gasteiger partial charge in [-0.25, -0.2) is 4.79 Å². The molecule has 6 heteroatoms. The number of hydrogen-bond donors (Lipinski definition) is 1. The molecule has 1 heterocycles. The van der Waals surface area contributed by atoms with Gasteiger partial charge in [-0.2, -0.15) is 0 Å². The Morgan fingerprint density at radius 1 is 1.03 bits per heavy atom. The molecule has 1 aliphatic rings. The summed E-state index contributed by atoms with van der Waals surface area (Å²) in [6.45, 7) is 2.95. The van der Waals surface area contributed by atoms with Crippen molar-refractivity contribution < 1.29 is 24.2 Å². The first kappa shape index (κ1) is 24.6. The Hall–Kier alpha value is -2.99. The largest absolute Gasteiger partial charge is 0.456 e. The Morgan fingerprint density at radius 3 is 2.30 bits per heavy atom. The summed E-state index contributed by atoms with van der Waals surface area (Å²) in [5, 5.41) is 9.50. The van der Waals surface area contributed by atoms with Crippen LogP contribution in [-0.2, 0) is 25.5 Å². The molecular weight excluding hydrogens is 418 g/mol. The fourth-order valence-electron chi connectivity index (χ4n) is 4.03. The maximum absolute atomic E-state index is 13.3. The zero-order valence-corrected chi connectivity index (χ0v) is 19.4. The molecule has 2 unspecified atom stereocenters. The van der Waals surface area contributed by atoms with E-state index in [1.54, 1.807) is 0 Å². The van der Waals surface area contributed by atoms with Crippen LogP contribution >= 0.6 is 0 Å². The number of carbonyl (C=O) groups excluding carboxylic acids is 3. The molecule has 1 aliphatic heterocycles. The van der Waals surface area contributed by atoms with E-state index < -0.39 is 41.8 Å². The number of nitrogens with zero attached hydrogens (tertiary/aromatic N) is 1. The summed E-state index contributed by atoms with van der Waals surface area (Å²) in [5.74, 6) is -1.90. The van der Waals surface area contributed by atoms with Crippen molar-refractivity contribution in [2.24, 2.45) is 5.41 Å². The molecule has 0 saturated carbocycles. The number of benzene rings is 2. The van der Waals surface area contributed by atoms with Crippen LogP contribution in [0.4, 0.5) is 0 Å². The van der Waals surface area contributed by atoms with Gasteiger partial charge in [-0.1, -0.05) is 74.5 Å². The van der Waals surface area contributed by atoms with Crippen molar-refractivity contribution in [2.75, 3.05) is 13.2 Å². The molecule has 1 amide bonds. The number of rotatable bonds is 9. The van der Waals surface area contributed by atoms with Crippen LogP contribution < -0.4 is 0 Å². The van der Waals surface area contributed by atoms with E-state index in [2.05, 4.69) is 0 Å². The van der Waals surface area contributed by atoms with E-state index in [0.717, 1.165) is 30.4 Å². The molecule has 2 aromatic rings. The SMILES string of the molecule is CC(C)(CO)C(=O)C(=O)N1CCCCC1C(=O)OC(CCc1ccccc1)c1ccccc1. The van der Waals surface area contributed by atoms with Gasteiger partial charge in [0.15, 0.2) is 0 Å². The van der Waals surface area contributed by atoms with Gasteiger partial charge in [0, 0.05) is 6.54 Å². The van der Waals surface area contributed by atoms with E-state index in [1.165, 1.54) is 18.7 Å². The molecular formula is C27H33NO5. The highest BCUT2D eigenvalue weighted by Gasteiger charge is 2.41. The summed E-state index contributed by atoms with van der Waals surface area (Å²) in [7, 11) is 0. The van der Waals surface area contributed by atoms with Crippen molar-refractivity contribution in [2.45, 2.75) is 58.1 Å². The van der Waals surface area contributed by atoms with Gasteiger partial charge in [-0.15, -0.1) is 0 Å². The van der Waals surface area contributed by atoms with E-state index in [1.807, 2.05) is 60.7 Å². The standard InChI is InChI=1S/C27H33NO5/c1-27(2,19-29)24(30)25(31)28-18-10-9-15-22(28)26(32)33-23(21-13-7-4-8-14-21)17-16-20-11-5-3-6-12-20/h3-8,11-14,22-23,29H,9-10,15-19H2,1-2H3. The lowest BCUT2D eigenvalue weighted by Crippen LogP contribution is -2.53. The number of likely N-dealkylation sites (tertiary alicyclic amines) is 1. The van der Waals surface area contributed by atoms with E-state index in [-0.39, 0.29) is 0 Å². The second-order valence-corrected chi connectivity index (χ2v) is 9.24. The molecule has 1 N–H and O–H groups in total. The summed E-state index contributed by atoms with van der Waals surface area (Å²) in [6.07, 6.45) is 2.85. The number of aliphatic hydroxyl groups excluding tert-OH is 1.